The van der Waals surface area contributed by atoms with Gasteiger partial charge in [0.05, 0.1) is 43.3 Å². The van der Waals surface area contributed by atoms with Gasteiger partial charge in [-0.3, -0.25) is 0 Å². The second kappa shape index (κ2) is 9.78. The highest BCUT2D eigenvalue weighted by Crippen LogP contribution is 2.35. The Morgan fingerprint density at radius 2 is 2.00 bits per heavy atom. The Morgan fingerprint density at radius 3 is 2.62 bits per heavy atom. The van der Waals surface area contributed by atoms with Crippen LogP contribution in [-0.4, -0.2) is 59.6 Å². The molecule has 0 aliphatic carbocycles. The highest BCUT2D eigenvalue weighted by Gasteiger charge is 2.44. The van der Waals surface area contributed by atoms with E-state index in [-0.39, 0.29) is 12.0 Å². The summed E-state index contributed by atoms with van der Waals surface area (Å²) in [6.45, 7) is 2.67. The van der Waals surface area contributed by atoms with Gasteiger partial charge in [-0.15, -0.1) is 0 Å². The lowest BCUT2D eigenvalue weighted by Gasteiger charge is -2.20. The largest absolute Gasteiger partial charge is 0.493 e. The number of nitriles is 1. The number of carboxylic acids is 1. The summed E-state index contributed by atoms with van der Waals surface area (Å²) in [6, 6.07) is 9.25. The van der Waals surface area contributed by atoms with Gasteiger partial charge < -0.3 is 19.5 Å². The third-order valence-electron chi connectivity index (χ3n) is 5.00. The van der Waals surface area contributed by atoms with Crippen LogP contribution < -0.4 is 9.64 Å². The number of nitrogens with zero attached hydrogens (tertiary/aromatic N) is 4. The minimum absolute atomic E-state index is 0.118. The van der Waals surface area contributed by atoms with Gasteiger partial charge >= 0.3 is 12.1 Å². The number of fused-ring (bicyclic) bond motifs is 1. The molecule has 32 heavy (non-hydrogen) atoms. The van der Waals surface area contributed by atoms with Crippen molar-refractivity contribution in [2.75, 3.05) is 31.2 Å². The summed E-state index contributed by atoms with van der Waals surface area (Å²) in [6.07, 6.45) is -2.60. The number of hydrogen-bond donors (Lipinski definition) is 1. The van der Waals surface area contributed by atoms with Gasteiger partial charge in [-0.2, -0.15) is 18.4 Å². The number of ether oxygens (including phenoxy) is 2. The molecule has 12 heteroatoms. The average Bonchev–Trinajstić information content (AvgIpc) is 3.34. The van der Waals surface area contributed by atoms with E-state index in [1.807, 2.05) is 17.0 Å². The van der Waals surface area contributed by atoms with Crippen LogP contribution in [0.15, 0.2) is 36.7 Å². The summed E-state index contributed by atoms with van der Waals surface area (Å²) < 4.78 is 56.5. The number of benzene rings is 1. The zero-order chi connectivity index (χ0) is 23.3. The minimum atomic E-state index is -5.08. The second-order valence-corrected chi connectivity index (χ2v) is 7.16. The lowest BCUT2D eigenvalue weighted by molar-refractivity contribution is -0.192. The lowest BCUT2D eigenvalue weighted by atomic mass is 9.94. The number of rotatable bonds is 4. The zero-order valence-corrected chi connectivity index (χ0v) is 16.5. The summed E-state index contributed by atoms with van der Waals surface area (Å²) in [7, 11) is 0. The molecular formula is C20H18F4N4O4. The molecule has 0 spiro atoms. The fourth-order valence-corrected chi connectivity index (χ4v) is 3.46. The molecule has 1 aromatic carbocycles. The molecule has 4 rings (SSSR count). The number of carbonyl (C=O) groups is 1. The Kier molecular flexibility index (Phi) is 7.09. The predicted molar refractivity (Wildman–Crippen MR) is 101 cm³/mol. The van der Waals surface area contributed by atoms with Crippen LogP contribution in [0.2, 0.25) is 0 Å². The molecule has 3 atom stereocenters. The molecular weight excluding hydrogens is 436 g/mol. The van der Waals surface area contributed by atoms with Gasteiger partial charge in [-0.05, 0) is 18.2 Å². The molecule has 0 saturated carbocycles. The molecule has 170 valence electrons. The third kappa shape index (κ3) is 5.82. The molecule has 3 heterocycles. The van der Waals surface area contributed by atoms with E-state index >= 15 is 0 Å². The molecule has 0 unspecified atom stereocenters. The standard InChI is InChI=1S/C18H17FN4O2.C2HF3O2/c19-14-6-21-18(22-7-14)23-8-16-13(11-25-17(16)9-23)10-24-15-3-1-2-12(4-15)5-20;3-2(4,5)1(6)7/h1-4,6-7,13,16-17H,8-11H2;(H,6,7)/t13-,16+,17+;/m0./s1. The van der Waals surface area contributed by atoms with E-state index < -0.39 is 18.0 Å². The van der Waals surface area contributed by atoms with Crippen LogP contribution in [0, 0.1) is 29.0 Å². The Balaban J connectivity index is 0.000000360. The van der Waals surface area contributed by atoms with Crippen molar-refractivity contribution in [2.45, 2.75) is 12.3 Å². The first-order valence-corrected chi connectivity index (χ1v) is 9.44. The first-order chi connectivity index (χ1) is 15.2. The van der Waals surface area contributed by atoms with E-state index in [1.54, 1.807) is 12.1 Å². The van der Waals surface area contributed by atoms with Crippen molar-refractivity contribution in [3.8, 4) is 11.8 Å². The van der Waals surface area contributed by atoms with Crippen LogP contribution in [0.5, 0.6) is 5.75 Å². The lowest BCUT2D eigenvalue weighted by Crippen LogP contribution is -2.27. The number of halogens is 4. The second-order valence-electron chi connectivity index (χ2n) is 7.16. The fraction of sp³-hybridized carbons (Fsp3) is 0.400. The number of aliphatic carboxylic acids is 1. The quantitative estimate of drug-likeness (QED) is 0.703. The monoisotopic (exact) mass is 454 g/mol. The van der Waals surface area contributed by atoms with Crippen molar-refractivity contribution in [3.63, 3.8) is 0 Å². The molecule has 2 aliphatic rings. The summed E-state index contributed by atoms with van der Waals surface area (Å²) in [4.78, 5) is 19.0. The number of carboxylic acid groups (broad SMARTS) is 1. The van der Waals surface area contributed by atoms with Gasteiger partial charge in [0.1, 0.15) is 5.75 Å². The number of anilines is 1. The van der Waals surface area contributed by atoms with Gasteiger partial charge in [0.2, 0.25) is 5.95 Å². The van der Waals surface area contributed by atoms with Crippen molar-refractivity contribution in [1.29, 1.82) is 5.26 Å². The zero-order valence-electron chi connectivity index (χ0n) is 16.5. The fourth-order valence-electron chi connectivity index (χ4n) is 3.46. The molecule has 0 amide bonds. The van der Waals surface area contributed by atoms with Crippen molar-refractivity contribution in [3.05, 3.63) is 48.0 Å². The Morgan fingerprint density at radius 1 is 1.31 bits per heavy atom. The summed E-state index contributed by atoms with van der Waals surface area (Å²) in [5, 5.41) is 16.1. The van der Waals surface area contributed by atoms with Gasteiger partial charge in [0.25, 0.3) is 0 Å². The maximum Gasteiger partial charge on any atom is 0.490 e. The Labute approximate surface area is 180 Å². The SMILES string of the molecule is N#Cc1cccc(OC[C@H]2CO[C@@H]3CN(c4ncc(F)cn4)C[C@H]23)c1.O=C(O)C(F)(F)F. The van der Waals surface area contributed by atoms with E-state index in [2.05, 4.69) is 16.0 Å². The van der Waals surface area contributed by atoms with Gasteiger partial charge in [0, 0.05) is 24.9 Å². The highest BCUT2D eigenvalue weighted by molar-refractivity contribution is 5.73. The van der Waals surface area contributed by atoms with E-state index in [1.165, 1.54) is 12.4 Å². The Bertz CT molecular complexity index is 981. The average molecular weight is 454 g/mol. The maximum atomic E-state index is 13.0. The smallest absolute Gasteiger partial charge is 0.490 e. The van der Waals surface area contributed by atoms with Crippen molar-refractivity contribution in [1.82, 2.24) is 9.97 Å². The van der Waals surface area contributed by atoms with Crippen LogP contribution in [0.1, 0.15) is 5.56 Å². The van der Waals surface area contributed by atoms with Crippen LogP contribution in [0.4, 0.5) is 23.5 Å². The number of aromatic nitrogens is 2. The summed E-state index contributed by atoms with van der Waals surface area (Å²) in [5.74, 6) is -1.38. The number of hydrogen-bond acceptors (Lipinski definition) is 7. The van der Waals surface area contributed by atoms with Crippen molar-refractivity contribution >= 4 is 11.9 Å². The van der Waals surface area contributed by atoms with Crippen LogP contribution in [0.3, 0.4) is 0 Å². The predicted octanol–water partition coefficient (Wildman–Crippen LogP) is 2.65. The summed E-state index contributed by atoms with van der Waals surface area (Å²) in [5.41, 5.74) is 0.582. The topological polar surface area (TPSA) is 109 Å². The molecule has 2 fully saturated rings. The van der Waals surface area contributed by atoms with Gasteiger partial charge in [-0.25, -0.2) is 19.2 Å². The molecule has 0 radical (unpaired) electrons. The molecule has 8 nitrogen and oxygen atoms in total. The molecule has 2 saturated heterocycles. The van der Waals surface area contributed by atoms with Crippen molar-refractivity contribution < 1.29 is 36.9 Å². The van der Waals surface area contributed by atoms with E-state index in [4.69, 9.17) is 24.6 Å². The van der Waals surface area contributed by atoms with E-state index in [0.717, 1.165) is 6.54 Å². The van der Waals surface area contributed by atoms with E-state index in [9.17, 15) is 17.6 Å². The normalized spacial score (nSPS) is 21.8. The summed E-state index contributed by atoms with van der Waals surface area (Å²) >= 11 is 0. The molecule has 0 bridgehead atoms. The third-order valence-corrected chi connectivity index (χ3v) is 5.00. The van der Waals surface area contributed by atoms with Crippen LogP contribution in [-0.2, 0) is 9.53 Å². The number of alkyl halides is 3. The molecule has 2 aromatic rings. The van der Waals surface area contributed by atoms with Crippen LogP contribution >= 0.6 is 0 Å². The van der Waals surface area contributed by atoms with Crippen molar-refractivity contribution in [2.24, 2.45) is 11.8 Å². The highest BCUT2D eigenvalue weighted by atomic mass is 19.4. The first kappa shape index (κ1) is 23.2. The Hall–Kier alpha value is -3.46. The molecule has 1 N–H and O–H groups in total. The minimum Gasteiger partial charge on any atom is -0.493 e. The maximum absolute atomic E-state index is 13.0. The van der Waals surface area contributed by atoms with E-state index in [0.29, 0.717) is 42.9 Å². The van der Waals surface area contributed by atoms with Gasteiger partial charge in [0.15, 0.2) is 5.82 Å². The first-order valence-electron chi connectivity index (χ1n) is 9.44. The molecule has 2 aliphatic heterocycles. The van der Waals surface area contributed by atoms with Crippen LogP contribution in [0.25, 0.3) is 0 Å². The molecule has 1 aromatic heterocycles. The van der Waals surface area contributed by atoms with Gasteiger partial charge in [-0.1, -0.05) is 6.07 Å².